The van der Waals surface area contributed by atoms with Crippen molar-refractivity contribution in [1.29, 1.82) is 5.26 Å². The molecule has 7 heteroatoms. The van der Waals surface area contributed by atoms with Crippen molar-refractivity contribution >= 4 is 17.7 Å². The Morgan fingerprint density at radius 2 is 1.55 bits per heavy atom. The number of hydrogen-bond acceptors (Lipinski definition) is 6. The van der Waals surface area contributed by atoms with E-state index in [9.17, 15) is 19.6 Å². The summed E-state index contributed by atoms with van der Waals surface area (Å²) in [5.41, 5.74) is -2.94. The predicted molar refractivity (Wildman–Crippen MR) is 110 cm³/mol. The van der Waals surface area contributed by atoms with E-state index in [4.69, 9.17) is 4.84 Å². The van der Waals surface area contributed by atoms with E-state index in [1.54, 1.807) is 34.6 Å². The second kappa shape index (κ2) is 7.96. The van der Waals surface area contributed by atoms with E-state index in [1.165, 1.54) is 18.9 Å². The van der Waals surface area contributed by atoms with Crippen LogP contribution in [0.1, 0.15) is 54.9 Å². The van der Waals surface area contributed by atoms with E-state index >= 15 is 0 Å². The second-order valence-electron chi connectivity index (χ2n) is 8.99. The van der Waals surface area contributed by atoms with Gasteiger partial charge in [0.05, 0.1) is 23.1 Å². The molecule has 1 aliphatic rings. The van der Waals surface area contributed by atoms with Gasteiger partial charge in [-0.25, -0.2) is 4.79 Å². The summed E-state index contributed by atoms with van der Waals surface area (Å²) in [5.74, 6) is -2.61. The van der Waals surface area contributed by atoms with Gasteiger partial charge in [-0.15, -0.1) is 5.06 Å². The molecule has 1 saturated heterocycles. The highest BCUT2D eigenvalue weighted by Crippen LogP contribution is 2.48. The highest BCUT2D eigenvalue weighted by atomic mass is 16.7. The average Bonchev–Trinajstić information content (AvgIpc) is 2.56. The average molecular weight is 402 g/mol. The Balaban J connectivity index is 3.71. The number of nitriles is 1. The fourth-order valence-corrected chi connectivity index (χ4v) is 4.11. The third-order valence-corrected chi connectivity index (χ3v) is 5.11. The molecule has 2 unspecified atom stereocenters. The zero-order chi connectivity index (χ0) is 22.9. The number of carbonyl (C=O) groups excluding carboxylic acids is 3. The Kier molecular flexibility index (Phi) is 6.67. The molecule has 0 bridgehead atoms. The van der Waals surface area contributed by atoms with Crippen LogP contribution in [0.25, 0.3) is 0 Å². The van der Waals surface area contributed by atoms with Crippen LogP contribution >= 0.6 is 0 Å². The van der Waals surface area contributed by atoms with E-state index in [0.29, 0.717) is 0 Å². The van der Waals surface area contributed by atoms with Crippen LogP contribution in [0.3, 0.4) is 0 Å². The number of nitrogens with one attached hydrogen (secondary N) is 1. The summed E-state index contributed by atoms with van der Waals surface area (Å²) in [4.78, 5) is 43.6. The number of piperidine rings is 1. The molecular formula is C22H31N3O4. The van der Waals surface area contributed by atoms with E-state index in [2.05, 4.69) is 31.1 Å². The summed E-state index contributed by atoms with van der Waals surface area (Å²) in [6.07, 6.45) is 0.0338. The highest BCUT2D eigenvalue weighted by molar-refractivity contribution is 6.00. The van der Waals surface area contributed by atoms with Crippen LogP contribution < -0.4 is 5.32 Å². The van der Waals surface area contributed by atoms with Crippen molar-refractivity contribution in [2.75, 3.05) is 0 Å². The van der Waals surface area contributed by atoms with Crippen LogP contribution in [-0.4, -0.2) is 39.3 Å². The molecule has 29 heavy (non-hydrogen) atoms. The molecule has 1 fully saturated rings. The van der Waals surface area contributed by atoms with Gasteiger partial charge in [-0.2, -0.15) is 5.26 Å². The smallest absolute Gasteiger partial charge is 0.352 e. The van der Waals surface area contributed by atoms with Crippen LogP contribution in [0.4, 0.5) is 0 Å². The topological polar surface area (TPSA) is 99.5 Å². The van der Waals surface area contributed by atoms with Crippen LogP contribution in [0.15, 0.2) is 36.5 Å². The standard InChI is InChI=1S/C22H31N3O4/c1-13(2)16(26)17-21(9,10)25(29-19(28)15(5)6)20(7,8)11-22(17,12-23)24-18(27)14(3)4/h17H,1,3,5,11H2,2,4,6-10H3,(H,24,27). The molecule has 7 nitrogen and oxygen atoms in total. The molecule has 1 heterocycles. The van der Waals surface area contributed by atoms with Gasteiger partial charge in [-0.05, 0) is 54.0 Å². The van der Waals surface area contributed by atoms with E-state index < -0.39 is 40.2 Å². The van der Waals surface area contributed by atoms with E-state index in [0.717, 1.165) is 0 Å². The van der Waals surface area contributed by atoms with Gasteiger partial charge in [0.25, 0.3) is 0 Å². The molecule has 0 radical (unpaired) electrons. The maximum Gasteiger partial charge on any atom is 0.352 e. The van der Waals surface area contributed by atoms with Crippen molar-refractivity contribution < 1.29 is 19.2 Å². The number of hydrogen-bond donors (Lipinski definition) is 1. The van der Waals surface area contributed by atoms with Crippen molar-refractivity contribution in [2.45, 2.75) is 71.5 Å². The minimum atomic E-state index is -1.55. The van der Waals surface area contributed by atoms with Gasteiger partial charge >= 0.3 is 5.97 Å². The number of rotatable bonds is 6. The molecule has 0 aliphatic carbocycles. The maximum absolute atomic E-state index is 13.2. The minimum absolute atomic E-state index is 0.0338. The third kappa shape index (κ3) is 4.48. The molecule has 0 saturated carbocycles. The summed E-state index contributed by atoms with van der Waals surface area (Å²) >= 11 is 0. The lowest BCUT2D eigenvalue weighted by molar-refractivity contribution is -0.280. The number of hydroxylamine groups is 2. The molecule has 0 aromatic carbocycles. The Labute approximate surface area is 173 Å². The summed E-state index contributed by atoms with van der Waals surface area (Å²) in [7, 11) is 0. The van der Waals surface area contributed by atoms with Crippen LogP contribution in [0.2, 0.25) is 0 Å². The molecule has 0 aromatic heterocycles. The zero-order valence-electron chi connectivity index (χ0n) is 18.4. The second-order valence-corrected chi connectivity index (χ2v) is 8.99. The summed E-state index contributed by atoms with van der Waals surface area (Å²) in [6, 6.07) is 2.18. The Morgan fingerprint density at radius 3 is 1.93 bits per heavy atom. The van der Waals surface area contributed by atoms with Gasteiger partial charge in [-0.3, -0.25) is 9.59 Å². The first-order valence-corrected chi connectivity index (χ1v) is 9.30. The molecule has 1 amide bonds. The molecule has 1 rings (SSSR count). The lowest BCUT2D eigenvalue weighted by Gasteiger charge is -2.59. The number of amides is 1. The first kappa shape index (κ1) is 24.3. The Bertz CT molecular complexity index is 831. The van der Waals surface area contributed by atoms with Crippen molar-refractivity contribution in [2.24, 2.45) is 5.92 Å². The SMILES string of the molecule is C=C(C)C(=O)NC1(C#N)CC(C)(C)N(OC(=O)C(=C)C)C(C)(C)C1C(=O)C(=C)C. The van der Waals surface area contributed by atoms with Gasteiger partial charge in [-0.1, -0.05) is 19.7 Å². The lowest BCUT2D eigenvalue weighted by atomic mass is 9.61. The summed E-state index contributed by atoms with van der Waals surface area (Å²) < 4.78 is 0. The van der Waals surface area contributed by atoms with Gasteiger partial charge in [0, 0.05) is 17.6 Å². The first-order valence-electron chi connectivity index (χ1n) is 9.30. The zero-order valence-corrected chi connectivity index (χ0v) is 18.4. The molecule has 2 atom stereocenters. The Morgan fingerprint density at radius 1 is 1.03 bits per heavy atom. The van der Waals surface area contributed by atoms with Gasteiger partial charge in [0.15, 0.2) is 5.78 Å². The molecule has 158 valence electrons. The molecule has 0 aromatic rings. The normalized spacial score (nSPS) is 25.2. The van der Waals surface area contributed by atoms with E-state index in [1.807, 2.05) is 0 Å². The van der Waals surface area contributed by atoms with Gasteiger partial charge < -0.3 is 10.2 Å². The molecule has 0 spiro atoms. The molecule has 1 N–H and O–H groups in total. The number of allylic oxidation sites excluding steroid dienone is 1. The van der Waals surface area contributed by atoms with Gasteiger partial charge in [0.1, 0.15) is 5.54 Å². The van der Waals surface area contributed by atoms with Crippen molar-refractivity contribution in [1.82, 2.24) is 10.4 Å². The fourth-order valence-electron chi connectivity index (χ4n) is 4.11. The quantitative estimate of drug-likeness (QED) is 0.687. The van der Waals surface area contributed by atoms with Crippen molar-refractivity contribution in [3.05, 3.63) is 36.5 Å². The van der Waals surface area contributed by atoms with Crippen LogP contribution in [0.5, 0.6) is 0 Å². The van der Waals surface area contributed by atoms with Crippen LogP contribution in [-0.2, 0) is 19.2 Å². The van der Waals surface area contributed by atoms with Crippen LogP contribution in [0, 0.1) is 17.2 Å². The predicted octanol–water partition coefficient (Wildman–Crippen LogP) is 3.00. The highest BCUT2D eigenvalue weighted by Gasteiger charge is 2.64. The largest absolute Gasteiger partial charge is 0.363 e. The van der Waals surface area contributed by atoms with Crippen molar-refractivity contribution in [3.8, 4) is 6.07 Å². The number of carbonyl (C=O) groups is 3. The number of nitrogens with zero attached hydrogens (tertiary/aromatic N) is 2. The third-order valence-electron chi connectivity index (χ3n) is 5.11. The maximum atomic E-state index is 13.2. The summed E-state index contributed by atoms with van der Waals surface area (Å²) in [5, 5.41) is 14.3. The number of Topliss-reactive ketones (excluding diaryl/α,β-unsaturated/α-hetero) is 1. The first-order chi connectivity index (χ1) is 13.0. The monoisotopic (exact) mass is 401 g/mol. The minimum Gasteiger partial charge on any atom is -0.363 e. The lowest BCUT2D eigenvalue weighted by Crippen LogP contribution is -2.75. The van der Waals surface area contributed by atoms with Gasteiger partial charge in [0.2, 0.25) is 5.91 Å². The number of ketones is 1. The summed E-state index contributed by atoms with van der Waals surface area (Å²) in [6.45, 7) is 22.5. The molecule has 1 aliphatic heterocycles. The van der Waals surface area contributed by atoms with Crippen molar-refractivity contribution in [3.63, 3.8) is 0 Å². The molecular weight excluding hydrogens is 370 g/mol. The fraction of sp³-hybridized carbons (Fsp3) is 0.545. The Hall–Kier alpha value is -2.72. The van der Waals surface area contributed by atoms with E-state index in [-0.39, 0.29) is 23.1 Å².